The van der Waals surface area contributed by atoms with Gasteiger partial charge in [-0.1, -0.05) is 55.7 Å². The number of piperazine rings is 1. The Kier molecular flexibility index (Phi) is 7.57. The summed E-state index contributed by atoms with van der Waals surface area (Å²) in [5.41, 5.74) is 1.64. The lowest BCUT2D eigenvalue weighted by atomic mass is 9.88. The van der Waals surface area contributed by atoms with E-state index < -0.39 is 11.0 Å². The minimum Gasteiger partial charge on any atom is -0.340 e. The van der Waals surface area contributed by atoms with Crippen molar-refractivity contribution in [2.24, 2.45) is 5.92 Å². The van der Waals surface area contributed by atoms with Gasteiger partial charge in [-0.2, -0.15) is 0 Å². The van der Waals surface area contributed by atoms with Crippen molar-refractivity contribution < 1.29 is 14.5 Å². The van der Waals surface area contributed by atoms with Gasteiger partial charge in [0.25, 0.3) is 5.69 Å². The zero-order valence-corrected chi connectivity index (χ0v) is 19.6. The quantitative estimate of drug-likeness (QED) is 0.508. The van der Waals surface area contributed by atoms with E-state index in [1.807, 2.05) is 35.2 Å². The summed E-state index contributed by atoms with van der Waals surface area (Å²) in [6.45, 7) is 4.08. The molecule has 0 bridgehead atoms. The Labute approximate surface area is 200 Å². The molecule has 2 amide bonds. The number of carbonyl (C=O) groups is 2. The van der Waals surface area contributed by atoms with Crippen LogP contribution in [0.15, 0.2) is 48.5 Å². The fourth-order valence-corrected chi connectivity index (χ4v) is 5.07. The van der Waals surface area contributed by atoms with Gasteiger partial charge in [-0.25, -0.2) is 0 Å². The highest BCUT2D eigenvalue weighted by Crippen LogP contribution is 2.30. The van der Waals surface area contributed by atoms with Crippen molar-refractivity contribution in [3.05, 3.63) is 69.8 Å². The molecule has 2 fully saturated rings. The maximum Gasteiger partial charge on any atom is 0.293 e. The average molecular weight is 465 g/mol. The van der Waals surface area contributed by atoms with Crippen molar-refractivity contribution in [1.29, 1.82) is 0 Å². The van der Waals surface area contributed by atoms with E-state index in [0.29, 0.717) is 26.2 Å². The molecule has 1 unspecified atom stereocenters. The third kappa shape index (κ3) is 5.44. The zero-order valence-electron chi connectivity index (χ0n) is 19.6. The number of rotatable bonds is 6. The van der Waals surface area contributed by atoms with Crippen molar-refractivity contribution >= 4 is 23.2 Å². The first kappa shape index (κ1) is 23.9. The zero-order chi connectivity index (χ0) is 24.1. The van der Waals surface area contributed by atoms with Gasteiger partial charge < -0.3 is 10.2 Å². The lowest BCUT2D eigenvalue weighted by Gasteiger charge is -2.40. The number of hydrogen-bond acceptors (Lipinski definition) is 5. The van der Waals surface area contributed by atoms with Crippen LogP contribution < -0.4 is 5.32 Å². The summed E-state index contributed by atoms with van der Waals surface area (Å²) in [5, 5.41) is 14.3. The van der Waals surface area contributed by atoms with Crippen LogP contribution in [0.1, 0.15) is 49.3 Å². The lowest BCUT2D eigenvalue weighted by Crippen LogP contribution is -2.53. The normalized spacial score (nSPS) is 18.3. The molecule has 2 aromatic carbocycles. The summed E-state index contributed by atoms with van der Waals surface area (Å²) in [6.07, 6.45) is 5.41. The molecule has 1 aliphatic carbocycles. The molecule has 1 aliphatic heterocycles. The highest BCUT2D eigenvalue weighted by Gasteiger charge is 2.34. The van der Waals surface area contributed by atoms with E-state index >= 15 is 0 Å². The number of nitrogens with one attached hydrogen (secondary N) is 1. The molecule has 8 heteroatoms. The Morgan fingerprint density at radius 3 is 2.32 bits per heavy atom. The van der Waals surface area contributed by atoms with Crippen LogP contribution in [0.5, 0.6) is 0 Å². The smallest absolute Gasteiger partial charge is 0.293 e. The van der Waals surface area contributed by atoms with Crippen LogP contribution in [0, 0.1) is 23.0 Å². The molecule has 1 saturated heterocycles. The van der Waals surface area contributed by atoms with Gasteiger partial charge in [-0.3, -0.25) is 24.6 Å². The first-order chi connectivity index (χ1) is 16.4. The van der Waals surface area contributed by atoms with E-state index in [4.69, 9.17) is 0 Å². The third-order valence-corrected chi connectivity index (χ3v) is 6.92. The summed E-state index contributed by atoms with van der Waals surface area (Å²) in [6, 6.07) is 13.6. The van der Waals surface area contributed by atoms with Crippen LogP contribution in [0.3, 0.4) is 0 Å². The van der Waals surface area contributed by atoms with Crippen molar-refractivity contribution in [2.75, 3.05) is 31.5 Å². The van der Waals surface area contributed by atoms with Crippen LogP contribution in [-0.4, -0.2) is 52.7 Å². The van der Waals surface area contributed by atoms with E-state index in [1.165, 1.54) is 12.5 Å². The highest BCUT2D eigenvalue weighted by molar-refractivity contribution is 5.97. The van der Waals surface area contributed by atoms with Gasteiger partial charge in [-0.05, 0) is 37.0 Å². The molecule has 1 saturated carbocycles. The van der Waals surface area contributed by atoms with E-state index in [2.05, 4.69) is 10.2 Å². The molecule has 1 heterocycles. The molecule has 180 valence electrons. The van der Waals surface area contributed by atoms with Crippen LogP contribution in [0.4, 0.5) is 11.4 Å². The van der Waals surface area contributed by atoms with Crippen molar-refractivity contribution in [3.8, 4) is 0 Å². The predicted molar refractivity (Wildman–Crippen MR) is 130 cm³/mol. The molecule has 2 aliphatic rings. The van der Waals surface area contributed by atoms with E-state index in [9.17, 15) is 19.7 Å². The number of aryl methyl sites for hydroxylation is 1. The van der Waals surface area contributed by atoms with E-state index in [1.54, 1.807) is 19.1 Å². The maximum absolute atomic E-state index is 13.5. The van der Waals surface area contributed by atoms with E-state index in [-0.39, 0.29) is 29.1 Å². The number of carbonyl (C=O) groups excluding carboxylic acids is 2. The number of nitro groups is 1. The Morgan fingerprint density at radius 1 is 1.00 bits per heavy atom. The molecular weight excluding hydrogens is 432 g/mol. The van der Waals surface area contributed by atoms with Crippen LogP contribution in [-0.2, 0) is 9.59 Å². The van der Waals surface area contributed by atoms with Crippen molar-refractivity contribution in [2.45, 2.75) is 45.1 Å². The monoisotopic (exact) mass is 464 g/mol. The highest BCUT2D eigenvalue weighted by atomic mass is 16.6. The topological polar surface area (TPSA) is 95.8 Å². The number of hydrogen-bond donors (Lipinski definition) is 1. The molecule has 1 N–H and O–H groups in total. The standard InChI is InChI=1S/C26H32N4O4/c1-19-12-13-22(23(18-19)30(33)34)27-25(31)24(20-8-4-2-5-9-20)28-14-16-29(17-15-28)26(32)21-10-6-3-7-11-21/h2,4-5,8-9,12-13,18,21,24H,3,6-7,10-11,14-17H2,1H3,(H,27,31). The first-order valence-electron chi connectivity index (χ1n) is 12.1. The fraction of sp³-hybridized carbons (Fsp3) is 0.462. The number of nitrogens with zero attached hydrogens (tertiary/aromatic N) is 3. The number of amides is 2. The van der Waals surface area contributed by atoms with Gasteiger partial charge in [0.2, 0.25) is 11.8 Å². The molecule has 2 aromatic rings. The van der Waals surface area contributed by atoms with Gasteiger partial charge in [0.1, 0.15) is 11.7 Å². The second-order valence-corrected chi connectivity index (χ2v) is 9.28. The van der Waals surface area contributed by atoms with Crippen molar-refractivity contribution in [3.63, 3.8) is 0 Å². The third-order valence-electron chi connectivity index (χ3n) is 6.92. The van der Waals surface area contributed by atoms with Gasteiger partial charge in [0.05, 0.1) is 4.92 Å². The van der Waals surface area contributed by atoms with Gasteiger partial charge in [-0.15, -0.1) is 0 Å². The van der Waals surface area contributed by atoms with Gasteiger partial charge in [0.15, 0.2) is 0 Å². The van der Waals surface area contributed by atoms with Gasteiger partial charge in [0, 0.05) is 38.2 Å². The summed E-state index contributed by atoms with van der Waals surface area (Å²) >= 11 is 0. The first-order valence-corrected chi connectivity index (χ1v) is 12.1. The molecular formula is C26H32N4O4. The largest absolute Gasteiger partial charge is 0.340 e. The molecule has 34 heavy (non-hydrogen) atoms. The van der Waals surface area contributed by atoms with Crippen LogP contribution in [0.25, 0.3) is 0 Å². The second kappa shape index (κ2) is 10.8. The van der Waals surface area contributed by atoms with Crippen LogP contribution in [0.2, 0.25) is 0 Å². The number of nitro benzene ring substituents is 1. The number of benzene rings is 2. The predicted octanol–water partition coefficient (Wildman–Crippen LogP) is 4.31. The minimum atomic E-state index is -0.603. The van der Waals surface area contributed by atoms with Crippen molar-refractivity contribution in [1.82, 2.24) is 9.80 Å². The summed E-state index contributed by atoms with van der Waals surface area (Å²) in [4.78, 5) is 41.5. The molecule has 0 spiro atoms. The van der Waals surface area contributed by atoms with Gasteiger partial charge >= 0.3 is 0 Å². The minimum absolute atomic E-state index is 0.122. The molecule has 1 atom stereocenters. The molecule has 8 nitrogen and oxygen atoms in total. The SMILES string of the molecule is Cc1ccc(NC(=O)C(c2ccccc2)N2CCN(C(=O)C3CCCCC3)CC2)c([N+](=O)[O-])c1. The van der Waals surface area contributed by atoms with E-state index in [0.717, 1.165) is 36.8 Å². The maximum atomic E-state index is 13.5. The Balaban J connectivity index is 1.50. The molecule has 4 rings (SSSR count). The summed E-state index contributed by atoms with van der Waals surface area (Å²) < 4.78 is 0. The molecule has 0 radical (unpaired) electrons. The Hall–Kier alpha value is -3.26. The lowest BCUT2D eigenvalue weighted by molar-refractivity contribution is -0.384. The Bertz CT molecular complexity index is 1030. The average Bonchev–Trinajstić information content (AvgIpc) is 2.86. The second-order valence-electron chi connectivity index (χ2n) is 9.28. The fourth-order valence-electron chi connectivity index (χ4n) is 5.07. The number of anilines is 1. The molecule has 0 aromatic heterocycles. The summed E-state index contributed by atoms with van der Waals surface area (Å²) in [5.74, 6) is 0.0659. The summed E-state index contributed by atoms with van der Waals surface area (Å²) in [7, 11) is 0. The Morgan fingerprint density at radius 2 is 1.68 bits per heavy atom. The van der Waals surface area contributed by atoms with Crippen LogP contribution >= 0.6 is 0 Å².